The average molecular weight is 281 g/mol. The van der Waals surface area contributed by atoms with Crippen LogP contribution >= 0.6 is 0 Å². The summed E-state index contributed by atoms with van der Waals surface area (Å²) >= 11 is 0. The van der Waals surface area contributed by atoms with Crippen molar-refractivity contribution >= 4 is 0 Å². The number of hydrogen-bond donors (Lipinski definition) is 1. The van der Waals surface area contributed by atoms with Gasteiger partial charge in [-0.05, 0) is 50.8 Å². The van der Waals surface area contributed by atoms with E-state index in [4.69, 9.17) is 4.74 Å². The normalized spacial score (nSPS) is 13.8. The second-order valence-electron chi connectivity index (χ2n) is 6.56. The molecule has 20 heavy (non-hydrogen) atoms. The summed E-state index contributed by atoms with van der Waals surface area (Å²) in [5.41, 5.74) is 0.911. The lowest BCUT2D eigenvalue weighted by Crippen LogP contribution is -2.29. The van der Waals surface area contributed by atoms with Crippen LogP contribution in [-0.4, -0.2) is 24.8 Å². The maximum atomic E-state index is 13.4. The van der Waals surface area contributed by atoms with Crippen molar-refractivity contribution in [3.8, 4) is 0 Å². The second kappa shape index (κ2) is 7.75. The largest absolute Gasteiger partial charge is 0.376 e. The van der Waals surface area contributed by atoms with E-state index in [1.807, 2.05) is 6.07 Å². The van der Waals surface area contributed by atoms with Crippen molar-refractivity contribution < 1.29 is 9.13 Å². The Balaban J connectivity index is 2.65. The Morgan fingerprint density at radius 2 is 1.95 bits per heavy atom. The van der Waals surface area contributed by atoms with Crippen LogP contribution in [0.1, 0.15) is 52.5 Å². The van der Waals surface area contributed by atoms with Gasteiger partial charge in [0.25, 0.3) is 0 Å². The lowest BCUT2D eigenvalue weighted by atomic mass is 9.95. The van der Waals surface area contributed by atoms with Gasteiger partial charge in [0.05, 0.1) is 5.60 Å². The van der Waals surface area contributed by atoms with E-state index in [1.165, 1.54) is 6.07 Å². The van der Waals surface area contributed by atoms with Crippen LogP contribution in [0.25, 0.3) is 0 Å². The molecule has 0 aromatic heterocycles. The highest BCUT2D eigenvalue weighted by molar-refractivity contribution is 5.21. The van der Waals surface area contributed by atoms with Crippen LogP contribution in [-0.2, 0) is 4.74 Å². The first kappa shape index (κ1) is 17.1. The minimum Gasteiger partial charge on any atom is -0.376 e. The maximum Gasteiger partial charge on any atom is 0.123 e. The molecule has 0 saturated carbocycles. The molecule has 0 radical (unpaired) electrons. The van der Waals surface area contributed by atoms with Gasteiger partial charge in [0.2, 0.25) is 0 Å². The van der Waals surface area contributed by atoms with E-state index in [-0.39, 0.29) is 17.3 Å². The van der Waals surface area contributed by atoms with Gasteiger partial charge in [-0.3, -0.25) is 0 Å². The third kappa shape index (κ3) is 7.01. The zero-order valence-corrected chi connectivity index (χ0v) is 13.4. The first-order valence-electron chi connectivity index (χ1n) is 7.41. The van der Waals surface area contributed by atoms with Gasteiger partial charge in [-0.2, -0.15) is 0 Å². The van der Waals surface area contributed by atoms with Crippen molar-refractivity contribution in [1.82, 2.24) is 5.32 Å². The zero-order valence-electron chi connectivity index (χ0n) is 13.4. The molecule has 1 atom stereocenters. The first-order chi connectivity index (χ1) is 9.28. The molecular weight excluding hydrogens is 253 g/mol. The third-order valence-electron chi connectivity index (χ3n) is 3.09. The number of ether oxygens (including phenoxy) is 1. The van der Waals surface area contributed by atoms with Crippen molar-refractivity contribution in [1.29, 1.82) is 0 Å². The van der Waals surface area contributed by atoms with Crippen LogP contribution in [0.4, 0.5) is 4.39 Å². The number of rotatable bonds is 7. The van der Waals surface area contributed by atoms with Crippen molar-refractivity contribution in [2.45, 2.75) is 58.6 Å². The smallest absolute Gasteiger partial charge is 0.123 e. The minimum atomic E-state index is -0.172. The monoisotopic (exact) mass is 281 g/mol. The molecule has 1 unspecified atom stereocenters. The van der Waals surface area contributed by atoms with Gasteiger partial charge in [-0.1, -0.05) is 26.0 Å². The molecule has 0 aliphatic carbocycles. The van der Waals surface area contributed by atoms with E-state index < -0.39 is 0 Å². The summed E-state index contributed by atoms with van der Waals surface area (Å²) < 4.78 is 19.2. The molecule has 0 aliphatic heterocycles. The number of halogens is 1. The van der Waals surface area contributed by atoms with Crippen molar-refractivity contribution in [2.24, 2.45) is 0 Å². The summed E-state index contributed by atoms with van der Waals surface area (Å²) in [6.07, 6.45) is 0.889. The number of hydrogen-bond acceptors (Lipinski definition) is 2. The Morgan fingerprint density at radius 1 is 1.25 bits per heavy atom. The molecule has 2 nitrogen and oxygen atoms in total. The van der Waals surface area contributed by atoms with E-state index in [2.05, 4.69) is 39.9 Å². The van der Waals surface area contributed by atoms with Gasteiger partial charge in [0, 0.05) is 19.2 Å². The van der Waals surface area contributed by atoms with E-state index in [1.54, 1.807) is 12.1 Å². The van der Waals surface area contributed by atoms with E-state index in [9.17, 15) is 4.39 Å². The summed E-state index contributed by atoms with van der Waals surface area (Å²) in [6.45, 7) is 11.9. The fourth-order valence-electron chi connectivity index (χ4n) is 2.03. The van der Waals surface area contributed by atoms with Crippen LogP contribution in [0.15, 0.2) is 24.3 Å². The van der Waals surface area contributed by atoms with Crippen molar-refractivity contribution in [2.75, 3.05) is 13.2 Å². The topological polar surface area (TPSA) is 21.3 Å². The second-order valence-corrected chi connectivity index (χ2v) is 6.56. The standard InChI is InChI=1S/C17H28FNO/c1-13(2)19-12-15(9-10-20-17(3,4)5)14-7-6-8-16(18)11-14/h6-8,11,13,15,19H,9-10,12H2,1-5H3. The summed E-state index contributed by atoms with van der Waals surface area (Å²) in [5.74, 6) is 0.101. The lowest BCUT2D eigenvalue weighted by molar-refractivity contribution is -0.00629. The molecule has 0 fully saturated rings. The van der Waals surface area contributed by atoms with Crippen molar-refractivity contribution in [3.63, 3.8) is 0 Å². The van der Waals surface area contributed by atoms with Crippen LogP contribution in [0, 0.1) is 5.82 Å². The van der Waals surface area contributed by atoms with E-state index in [0.717, 1.165) is 18.5 Å². The maximum absolute atomic E-state index is 13.4. The van der Waals surface area contributed by atoms with Gasteiger partial charge >= 0.3 is 0 Å². The molecular formula is C17H28FNO. The van der Waals surface area contributed by atoms with Crippen LogP contribution in [0.3, 0.4) is 0 Å². The molecule has 3 heteroatoms. The van der Waals surface area contributed by atoms with Crippen LogP contribution in [0.2, 0.25) is 0 Å². The molecule has 0 spiro atoms. The van der Waals surface area contributed by atoms with Crippen LogP contribution in [0.5, 0.6) is 0 Å². The minimum absolute atomic E-state index is 0.127. The predicted molar refractivity (Wildman–Crippen MR) is 82.6 cm³/mol. The van der Waals surface area contributed by atoms with Crippen LogP contribution < -0.4 is 5.32 Å². The highest BCUT2D eigenvalue weighted by atomic mass is 19.1. The van der Waals surface area contributed by atoms with Crippen molar-refractivity contribution in [3.05, 3.63) is 35.6 Å². The highest BCUT2D eigenvalue weighted by Gasteiger charge is 2.15. The fraction of sp³-hybridized carbons (Fsp3) is 0.647. The Kier molecular flexibility index (Phi) is 6.63. The quantitative estimate of drug-likeness (QED) is 0.812. The summed E-state index contributed by atoms with van der Waals surface area (Å²) in [5, 5.41) is 3.43. The summed E-state index contributed by atoms with van der Waals surface area (Å²) in [4.78, 5) is 0. The third-order valence-corrected chi connectivity index (χ3v) is 3.09. The van der Waals surface area contributed by atoms with Gasteiger partial charge in [0.15, 0.2) is 0 Å². The van der Waals surface area contributed by atoms with Gasteiger partial charge in [-0.25, -0.2) is 4.39 Å². The molecule has 0 bridgehead atoms. The summed E-state index contributed by atoms with van der Waals surface area (Å²) in [6, 6.07) is 7.31. The van der Waals surface area contributed by atoms with E-state index in [0.29, 0.717) is 12.6 Å². The number of nitrogens with one attached hydrogen (secondary N) is 1. The molecule has 0 amide bonds. The molecule has 0 heterocycles. The molecule has 1 N–H and O–H groups in total. The zero-order chi connectivity index (χ0) is 15.2. The highest BCUT2D eigenvalue weighted by Crippen LogP contribution is 2.21. The summed E-state index contributed by atoms with van der Waals surface area (Å²) in [7, 11) is 0. The Bertz CT molecular complexity index is 398. The van der Waals surface area contributed by atoms with Gasteiger partial charge in [-0.15, -0.1) is 0 Å². The van der Waals surface area contributed by atoms with Gasteiger partial charge in [0.1, 0.15) is 5.82 Å². The molecule has 0 aliphatic rings. The number of benzene rings is 1. The lowest BCUT2D eigenvalue weighted by Gasteiger charge is -2.24. The fourth-order valence-corrected chi connectivity index (χ4v) is 2.03. The van der Waals surface area contributed by atoms with Gasteiger partial charge < -0.3 is 10.1 Å². The Labute approximate surface area is 122 Å². The molecule has 1 aromatic rings. The average Bonchev–Trinajstić information content (AvgIpc) is 2.31. The molecule has 114 valence electrons. The SMILES string of the molecule is CC(C)NCC(CCOC(C)(C)C)c1cccc(F)c1. The predicted octanol–water partition coefficient (Wildman–Crippen LogP) is 4.11. The Morgan fingerprint density at radius 3 is 2.50 bits per heavy atom. The molecule has 1 rings (SSSR count). The van der Waals surface area contributed by atoms with E-state index >= 15 is 0 Å². The Hall–Kier alpha value is -0.930. The molecule has 1 aromatic carbocycles. The first-order valence-corrected chi connectivity index (χ1v) is 7.41. The molecule has 0 saturated heterocycles.